The minimum Gasteiger partial charge on any atom is -0.480 e. The summed E-state index contributed by atoms with van der Waals surface area (Å²) in [5.74, 6) is -7.91. The molecule has 3 rings (SSSR count). The Labute approximate surface area is 362 Å². The number of carboxylic acid groups (broad SMARTS) is 1. The summed E-state index contributed by atoms with van der Waals surface area (Å²) in [5, 5.41) is 19.5. The van der Waals surface area contributed by atoms with Gasteiger partial charge in [-0.15, -0.1) is 0 Å². The fraction of sp³-hybridized carbons (Fsp3) is 0.556. The average molecular weight is 867 g/mol. The molecule has 5 N–H and O–H groups in total. The monoisotopic (exact) mass is 866 g/mol. The molecule has 340 valence electrons. The number of carbonyl (C=O) groups is 8. The van der Waals surface area contributed by atoms with E-state index in [-0.39, 0.29) is 25.4 Å². The molecule has 2 aromatic carbocycles. The second-order valence-electron chi connectivity index (χ2n) is 18.4. The Hall–Kier alpha value is -6.00. The number of alkyl carbamates (subject to hydrolysis) is 1. The van der Waals surface area contributed by atoms with Gasteiger partial charge in [0.25, 0.3) is 0 Å². The maximum atomic E-state index is 14.1. The summed E-state index contributed by atoms with van der Waals surface area (Å²) in [6.45, 7) is 17.6. The third-order valence-corrected chi connectivity index (χ3v) is 9.09. The topological polar surface area (TPSA) is 242 Å². The van der Waals surface area contributed by atoms with E-state index in [0.29, 0.717) is 0 Å². The molecule has 1 aliphatic carbocycles. The van der Waals surface area contributed by atoms with Crippen LogP contribution < -0.4 is 21.3 Å². The Bertz CT molecular complexity index is 1930. The Kier molecular flexibility index (Phi) is 17.2. The van der Waals surface area contributed by atoms with E-state index in [1.165, 1.54) is 0 Å². The molecule has 17 heteroatoms. The second-order valence-corrected chi connectivity index (χ2v) is 18.4. The maximum Gasteiger partial charge on any atom is 0.407 e. The Morgan fingerprint density at radius 3 is 1.48 bits per heavy atom. The molecular formula is C45H62N4O13. The Morgan fingerprint density at radius 1 is 0.581 bits per heavy atom. The number of hydrogen-bond donors (Lipinski definition) is 5. The molecule has 1 aliphatic rings. The molecule has 0 aliphatic heterocycles. The van der Waals surface area contributed by atoms with E-state index >= 15 is 0 Å². The third-order valence-electron chi connectivity index (χ3n) is 9.09. The molecule has 0 bridgehead atoms. The molecule has 0 heterocycles. The van der Waals surface area contributed by atoms with E-state index in [2.05, 4.69) is 21.3 Å². The van der Waals surface area contributed by atoms with Crippen LogP contribution in [0.1, 0.15) is 119 Å². The van der Waals surface area contributed by atoms with E-state index < -0.39 is 107 Å². The van der Waals surface area contributed by atoms with Crippen molar-refractivity contribution in [1.29, 1.82) is 0 Å². The predicted molar refractivity (Wildman–Crippen MR) is 226 cm³/mol. The standard InChI is InChI=1S/C45H62N4O13/c1-25(2)37(40(55)47-33(41(56)57)23-36(52)62-45(9,10)11)49-38(53)31(20-21-34(50)60-43(3,4)5)46-39(54)32(22-35(51)61-44(6,7)8)48-42(58)59-24-30-28-18-14-12-16-26(28)27-17-13-15-19-29(27)30/h12-19,25,30-33,37H,20-24H2,1-11H3,(H,46,54)(H,47,55)(H,48,58)(H,49,53)(H,56,57)/t31-,32-,33-,37-/m0/s1. The van der Waals surface area contributed by atoms with Gasteiger partial charge >= 0.3 is 30.0 Å². The number of rotatable bonds is 18. The van der Waals surface area contributed by atoms with Gasteiger partial charge in [0.15, 0.2) is 0 Å². The first-order valence-corrected chi connectivity index (χ1v) is 20.5. The number of hydrogen-bond acceptors (Lipinski definition) is 12. The van der Waals surface area contributed by atoms with Gasteiger partial charge in [0.1, 0.15) is 47.6 Å². The lowest BCUT2D eigenvalue weighted by Crippen LogP contribution is -2.59. The zero-order valence-corrected chi connectivity index (χ0v) is 37.5. The average Bonchev–Trinajstić information content (AvgIpc) is 3.44. The van der Waals surface area contributed by atoms with Crippen molar-refractivity contribution in [1.82, 2.24) is 21.3 Å². The van der Waals surface area contributed by atoms with Crippen molar-refractivity contribution < 1.29 is 62.4 Å². The number of esters is 3. The minimum atomic E-state index is -1.71. The normalized spacial score (nSPS) is 14.5. The molecule has 17 nitrogen and oxygen atoms in total. The van der Waals surface area contributed by atoms with Crippen molar-refractivity contribution >= 4 is 47.7 Å². The summed E-state index contributed by atoms with van der Waals surface area (Å²) in [7, 11) is 0. The molecule has 4 atom stereocenters. The summed E-state index contributed by atoms with van der Waals surface area (Å²) >= 11 is 0. The molecule has 0 radical (unpaired) electrons. The molecule has 0 unspecified atom stereocenters. The second kappa shape index (κ2) is 21.2. The first kappa shape index (κ1) is 50.4. The van der Waals surface area contributed by atoms with Gasteiger partial charge in [-0.3, -0.25) is 28.8 Å². The van der Waals surface area contributed by atoms with Crippen LogP contribution in [-0.2, 0) is 52.5 Å². The quantitative estimate of drug-likeness (QED) is 0.101. The molecule has 0 saturated carbocycles. The third kappa shape index (κ3) is 16.1. The zero-order valence-electron chi connectivity index (χ0n) is 37.5. The van der Waals surface area contributed by atoms with Crippen LogP contribution in [0.2, 0.25) is 0 Å². The summed E-state index contributed by atoms with van der Waals surface area (Å²) in [5.41, 5.74) is 1.11. The molecule has 4 amide bonds. The highest BCUT2D eigenvalue weighted by Crippen LogP contribution is 2.44. The van der Waals surface area contributed by atoms with Crippen LogP contribution in [0, 0.1) is 5.92 Å². The smallest absolute Gasteiger partial charge is 0.407 e. The number of benzene rings is 2. The van der Waals surface area contributed by atoms with Gasteiger partial charge < -0.3 is 45.3 Å². The van der Waals surface area contributed by atoms with Gasteiger partial charge in [-0.05, 0) is 96.9 Å². The van der Waals surface area contributed by atoms with Crippen LogP contribution in [0.15, 0.2) is 48.5 Å². The largest absolute Gasteiger partial charge is 0.480 e. The van der Waals surface area contributed by atoms with E-state index in [9.17, 15) is 43.5 Å². The van der Waals surface area contributed by atoms with Crippen molar-refractivity contribution in [3.63, 3.8) is 0 Å². The lowest BCUT2D eigenvalue weighted by atomic mass is 9.98. The van der Waals surface area contributed by atoms with Gasteiger partial charge in [0, 0.05) is 12.3 Å². The number of amides is 4. The highest BCUT2D eigenvalue weighted by Gasteiger charge is 2.36. The van der Waals surface area contributed by atoms with Crippen LogP contribution in [-0.4, -0.2) is 100 Å². The Morgan fingerprint density at radius 2 is 1.02 bits per heavy atom. The molecule has 62 heavy (non-hydrogen) atoms. The Balaban J connectivity index is 1.86. The van der Waals surface area contributed by atoms with Crippen molar-refractivity contribution in [3.8, 4) is 11.1 Å². The highest BCUT2D eigenvalue weighted by molar-refractivity contribution is 5.96. The molecule has 0 spiro atoms. The van der Waals surface area contributed by atoms with Gasteiger partial charge in [0.05, 0.1) is 12.8 Å². The van der Waals surface area contributed by atoms with Crippen LogP contribution >= 0.6 is 0 Å². The first-order chi connectivity index (χ1) is 28.6. The van der Waals surface area contributed by atoms with E-state index in [1.807, 2.05) is 48.5 Å². The summed E-state index contributed by atoms with van der Waals surface area (Å²) in [4.78, 5) is 105. The van der Waals surface area contributed by atoms with E-state index in [1.54, 1.807) is 76.2 Å². The summed E-state index contributed by atoms with van der Waals surface area (Å²) in [6, 6.07) is 9.07. The van der Waals surface area contributed by atoms with Gasteiger partial charge in [-0.25, -0.2) is 9.59 Å². The first-order valence-electron chi connectivity index (χ1n) is 20.5. The minimum absolute atomic E-state index is 0.110. The molecule has 0 fully saturated rings. The van der Waals surface area contributed by atoms with E-state index in [0.717, 1.165) is 22.3 Å². The number of ether oxygens (including phenoxy) is 4. The maximum absolute atomic E-state index is 14.1. The number of nitrogens with one attached hydrogen (secondary N) is 4. The zero-order chi connectivity index (χ0) is 46.7. The fourth-order valence-electron chi connectivity index (χ4n) is 6.54. The van der Waals surface area contributed by atoms with Crippen molar-refractivity contribution in [3.05, 3.63) is 59.7 Å². The SMILES string of the molecule is CC(C)[C@H](NC(=O)[C@H](CCC(=O)OC(C)(C)C)NC(=O)[C@H](CC(=O)OC(C)(C)C)NC(=O)OCC1c2ccccc2-c2ccccc21)C(=O)N[C@@H](CC(=O)OC(C)(C)C)C(=O)O. The van der Waals surface area contributed by atoms with Crippen LogP contribution in [0.3, 0.4) is 0 Å². The van der Waals surface area contributed by atoms with Crippen LogP contribution in [0.4, 0.5) is 4.79 Å². The lowest BCUT2D eigenvalue weighted by molar-refractivity contribution is -0.159. The van der Waals surface area contributed by atoms with Crippen molar-refractivity contribution in [2.24, 2.45) is 5.92 Å². The fourth-order valence-corrected chi connectivity index (χ4v) is 6.54. The molecule has 2 aromatic rings. The van der Waals surface area contributed by atoms with Gasteiger partial charge in [-0.2, -0.15) is 0 Å². The van der Waals surface area contributed by atoms with Gasteiger partial charge in [-0.1, -0.05) is 62.4 Å². The highest BCUT2D eigenvalue weighted by atomic mass is 16.6. The predicted octanol–water partition coefficient (Wildman–Crippen LogP) is 4.67. The van der Waals surface area contributed by atoms with Crippen LogP contribution in [0.25, 0.3) is 11.1 Å². The number of carbonyl (C=O) groups excluding carboxylic acids is 7. The van der Waals surface area contributed by atoms with E-state index in [4.69, 9.17) is 18.9 Å². The number of fused-ring (bicyclic) bond motifs is 3. The molecule has 0 saturated heterocycles. The van der Waals surface area contributed by atoms with Crippen molar-refractivity contribution in [2.45, 2.75) is 149 Å². The summed E-state index contributed by atoms with van der Waals surface area (Å²) < 4.78 is 21.7. The van der Waals surface area contributed by atoms with Gasteiger partial charge in [0.2, 0.25) is 17.7 Å². The number of aliphatic carboxylic acids is 1. The summed E-state index contributed by atoms with van der Waals surface area (Å²) in [6.07, 6.45) is -3.18. The molecular weight excluding hydrogens is 805 g/mol. The number of carboxylic acids is 1. The lowest BCUT2D eigenvalue weighted by Gasteiger charge is -2.28. The molecule has 0 aromatic heterocycles. The van der Waals surface area contributed by atoms with Crippen LogP contribution in [0.5, 0.6) is 0 Å². The van der Waals surface area contributed by atoms with Crippen molar-refractivity contribution in [2.75, 3.05) is 6.61 Å².